The van der Waals surface area contributed by atoms with E-state index in [1.165, 1.54) is 30.6 Å². The quantitative estimate of drug-likeness (QED) is 0.0745. The monoisotopic (exact) mass is 753 g/mol. The third-order valence-electron chi connectivity index (χ3n) is 9.08. The Kier molecular flexibility index (Phi) is 13.8. The van der Waals surface area contributed by atoms with E-state index < -0.39 is 116 Å². The first-order chi connectivity index (χ1) is 25.1. The third kappa shape index (κ3) is 9.45. The molecule has 4 rings (SSSR count). The number of aliphatic hydroxyl groups excluding tert-OH is 7. The van der Waals surface area contributed by atoms with Crippen molar-refractivity contribution in [2.45, 2.75) is 85.5 Å². The Labute approximate surface area is 301 Å². The number of phenols is 1. The summed E-state index contributed by atoms with van der Waals surface area (Å²) < 4.78 is 5.55. The van der Waals surface area contributed by atoms with Crippen molar-refractivity contribution in [2.75, 3.05) is 26.3 Å². The Morgan fingerprint density at radius 2 is 1.55 bits per heavy atom. The number of hydrogen-bond acceptors (Lipinski definition) is 16. The molecule has 1 aromatic rings. The van der Waals surface area contributed by atoms with Crippen LogP contribution in [0.4, 0.5) is 0 Å². The summed E-state index contributed by atoms with van der Waals surface area (Å²) in [6.07, 6.45) is -11.3. The first-order valence-corrected chi connectivity index (χ1v) is 16.4. The number of hydrogen-bond donors (Lipinski definition) is 17. The summed E-state index contributed by atoms with van der Waals surface area (Å²) >= 11 is 0. The Balaban J connectivity index is 1.64. The molecule has 3 aliphatic heterocycles. The number of aromatic hydroxyl groups is 1. The van der Waals surface area contributed by atoms with Gasteiger partial charge in [-0.2, -0.15) is 0 Å². The number of nitrogens with one attached hydrogen (secondary N) is 8. The number of rotatable bonds is 16. The number of amides is 3. The van der Waals surface area contributed by atoms with Crippen molar-refractivity contribution in [2.24, 2.45) is 5.73 Å². The molecule has 0 saturated carbocycles. The van der Waals surface area contributed by atoms with E-state index in [1.54, 1.807) is 0 Å². The number of carbonyl (C=O) groups is 3. The number of guanidine groups is 2. The van der Waals surface area contributed by atoms with Gasteiger partial charge in [0.15, 0.2) is 18.1 Å². The van der Waals surface area contributed by atoms with E-state index in [4.69, 9.17) is 21.3 Å². The largest absolute Gasteiger partial charge is 0.508 e. The third-order valence-corrected chi connectivity index (χ3v) is 9.08. The number of ether oxygens (including phenoxy) is 1. The molecule has 23 nitrogen and oxygen atoms in total. The van der Waals surface area contributed by atoms with Gasteiger partial charge in [-0.15, -0.1) is 0 Å². The number of benzene rings is 1. The predicted molar refractivity (Wildman–Crippen MR) is 178 cm³/mol. The molecule has 1 radical (unpaired) electrons. The molecule has 0 spiro atoms. The van der Waals surface area contributed by atoms with Crippen LogP contribution in [0.25, 0.3) is 0 Å². The average molecular weight is 754 g/mol. The van der Waals surface area contributed by atoms with Gasteiger partial charge in [0.25, 0.3) is 0 Å². The highest BCUT2D eigenvalue weighted by Gasteiger charge is 2.52. The summed E-state index contributed by atoms with van der Waals surface area (Å²) in [6.45, 7) is -2.20. The summed E-state index contributed by atoms with van der Waals surface area (Å²) in [4.78, 5) is 53.1. The molecule has 293 valence electrons. The molecule has 3 aliphatic rings. The fraction of sp³-hybridized carbons (Fsp3) is 0.600. The summed E-state index contributed by atoms with van der Waals surface area (Å²) in [5.74, 6) is -4.26. The number of aliphatic hydroxyl groups is 7. The lowest BCUT2D eigenvalue weighted by molar-refractivity contribution is -0.260. The zero-order valence-electron chi connectivity index (χ0n) is 28.0. The average Bonchev–Trinajstić information content (AvgIpc) is 3.76. The van der Waals surface area contributed by atoms with E-state index in [0.717, 1.165) is 4.90 Å². The number of phenolic OH excluding ortho intramolecular Hbond substituents is 1. The minimum Gasteiger partial charge on any atom is -0.508 e. The zero-order chi connectivity index (χ0) is 39.1. The van der Waals surface area contributed by atoms with Gasteiger partial charge in [-0.25, -0.2) is 0 Å². The molecule has 3 fully saturated rings. The molecular formula is C30H45N10O13. The second-order valence-corrected chi connectivity index (χ2v) is 12.7. The highest BCUT2D eigenvalue weighted by atomic mass is 16.6. The van der Waals surface area contributed by atoms with Crippen LogP contribution in [0, 0.1) is 10.8 Å². The van der Waals surface area contributed by atoms with Crippen LogP contribution in [0.5, 0.6) is 5.75 Å². The van der Waals surface area contributed by atoms with Gasteiger partial charge in [0.05, 0.1) is 31.3 Å². The van der Waals surface area contributed by atoms with Crippen LogP contribution in [0.15, 0.2) is 24.3 Å². The molecule has 3 amide bonds. The van der Waals surface area contributed by atoms with Crippen LogP contribution in [0.3, 0.4) is 0 Å². The lowest BCUT2D eigenvalue weighted by Gasteiger charge is -2.46. The van der Waals surface area contributed by atoms with Crippen LogP contribution in [0.2, 0.25) is 0 Å². The zero-order valence-corrected chi connectivity index (χ0v) is 28.0. The van der Waals surface area contributed by atoms with Crippen LogP contribution in [-0.2, 0) is 30.3 Å². The minimum absolute atomic E-state index is 0.0338. The van der Waals surface area contributed by atoms with Crippen molar-refractivity contribution in [3.05, 3.63) is 29.8 Å². The molecule has 0 bridgehead atoms. The van der Waals surface area contributed by atoms with E-state index in [0.29, 0.717) is 5.56 Å². The van der Waals surface area contributed by atoms with E-state index in [-0.39, 0.29) is 31.2 Å². The van der Waals surface area contributed by atoms with E-state index in [1.807, 2.05) is 0 Å². The van der Waals surface area contributed by atoms with E-state index in [9.17, 15) is 60.0 Å². The molecule has 13 unspecified atom stereocenters. The first-order valence-electron chi connectivity index (χ1n) is 16.4. The second kappa shape index (κ2) is 17.9. The standard InChI is InChI=1S/C30H45N10O13/c31-14(5-11-1-3-13(44)4-2-11)25(50)38-18(20(45)15-6-34-29(32)37-15)27(52)39-19(26(51)36-12(8-41)9-42)21(46)16-7-35-30(33)40(16)28-24(49)23(48)22(47)17(10-43)53-28/h1-4,12,14-24,28,41,43-49H,5-8,10,31H2,(H2,33,35)(H,36,51)(H,38,50)(H,39,52)(H3,32,34,37). The minimum atomic E-state index is -2.11. The SMILES string of the molecule is N=C1NCC(C(O)C(NC(=O)C(N)Cc2ccc(O)cc2)C(=O)NC(C(=O)NC([C]=O)CO)C(O)C2CNC(=N)N2C2OC(CO)C(O)C(O)C2O)N1. The number of carbonyl (C=O) groups excluding carboxylic acids is 4. The normalized spacial score (nSPS) is 29.0. The van der Waals surface area contributed by atoms with Gasteiger partial charge in [0.1, 0.15) is 60.5 Å². The van der Waals surface area contributed by atoms with Gasteiger partial charge in [-0.1, -0.05) is 12.1 Å². The number of nitrogens with two attached hydrogens (primary N) is 1. The van der Waals surface area contributed by atoms with Crippen molar-refractivity contribution in [1.29, 1.82) is 10.8 Å². The molecule has 1 aromatic carbocycles. The molecule has 3 saturated heterocycles. The van der Waals surface area contributed by atoms with Gasteiger partial charge < -0.3 is 88.1 Å². The molecule has 3 heterocycles. The highest BCUT2D eigenvalue weighted by Crippen LogP contribution is 2.28. The van der Waals surface area contributed by atoms with E-state index >= 15 is 0 Å². The fourth-order valence-electron chi connectivity index (χ4n) is 6.10. The molecule has 53 heavy (non-hydrogen) atoms. The topological polar surface area (TPSA) is 388 Å². The Bertz CT molecular complexity index is 1490. The maximum Gasteiger partial charge on any atom is 0.246 e. The predicted octanol–water partition coefficient (Wildman–Crippen LogP) is -8.96. The van der Waals surface area contributed by atoms with Crippen LogP contribution < -0.4 is 37.6 Å². The van der Waals surface area contributed by atoms with Crippen molar-refractivity contribution < 1.29 is 64.8 Å². The van der Waals surface area contributed by atoms with Gasteiger partial charge in [-0.3, -0.25) is 30.0 Å². The van der Waals surface area contributed by atoms with Crippen LogP contribution in [0.1, 0.15) is 5.56 Å². The lowest BCUT2D eigenvalue weighted by Crippen LogP contribution is -2.69. The maximum absolute atomic E-state index is 14.0. The Hall–Kier alpha value is -4.72. The van der Waals surface area contributed by atoms with Crippen LogP contribution in [-0.4, -0.2) is 187 Å². The van der Waals surface area contributed by atoms with Crippen molar-refractivity contribution in [1.82, 2.24) is 36.8 Å². The molecular weight excluding hydrogens is 708 g/mol. The fourth-order valence-corrected chi connectivity index (χ4v) is 6.10. The summed E-state index contributed by atoms with van der Waals surface area (Å²) in [7, 11) is 0. The first kappa shape index (κ1) is 41.0. The molecule has 0 aliphatic carbocycles. The smallest absolute Gasteiger partial charge is 0.246 e. The summed E-state index contributed by atoms with van der Waals surface area (Å²) in [5, 5.41) is 114. The summed E-state index contributed by atoms with van der Waals surface area (Å²) in [5.41, 5.74) is 6.63. The second-order valence-electron chi connectivity index (χ2n) is 12.7. The van der Waals surface area contributed by atoms with Crippen LogP contribution >= 0.6 is 0 Å². The van der Waals surface area contributed by atoms with Crippen molar-refractivity contribution in [3.63, 3.8) is 0 Å². The highest BCUT2D eigenvalue weighted by molar-refractivity contribution is 5.95. The Morgan fingerprint density at radius 3 is 2.13 bits per heavy atom. The van der Waals surface area contributed by atoms with Crippen molar-refractivity contribution >= 4 is 35.9 Å². The van der Waals surface area contributed by atoms with Gasteiger partial charge in [-0.05, 0) is 24.1 Å². The number of nitrogens with zero attached hydrogens (tertiary/aromatic N) is 1. The van der Waals surface area contributed by atoms with Gasteiger partial charge >= 0.3 is 0 Å². The Morgan fingerprint density at radius 1 is 0.925 bits per heavy atom. The van der Waals surface area contributed by atoms with Gasteiger partial charge in [0, 0.05) is 13.1 Å². The van der Waals surface area contributed by atoms with Gasteiger partial charge in [0.2, 0.25) is 24.0 Å². The molecule has 23 heteroatoms. The van der Waals surface area contributed by atoms with Crippen molar-refractivity contribution in [3.8, 4) is 5.75 Å². The lowest BCUT2D eigenvalue weighted by atomic mass is 9.95. The molecule has 18 N–H and O–H groups in total. The van der Waals surface area contributed by atoms with E-state index in [2.05, 4.69) is 31.9 Å². The maximum atomic E-state index is 14.0. The summed E-state index contributed by atoms with van der Waals surface area (Å²) in [6, 6.07) is -3.75. The molecule has 13 atom stereocenters. The molecule has 0 aromatic heterocycles.